The highest BCUT2D eigenvalue weighted by Crippen LogP contribution is 2.08. The van der Waals surface area contributed by atoms with Crippen molar-refractivity contribution >= 4 is 29.2 Å². The van der Waals surface area contributed by atoms with Crippen LogP contribution in [0.5, 0.6) is 0 Å². The van der Waals surface area contributed by atoms with Gasteiger partial charge in [0.25, 0.3) is 5.91 Å². The Morgan fingerprint density at radius 2 is 2.05 bits per heavy atom. The molecule has 3 N–H and O–H groups in total. The summed E-state index contributed by atoms with van der Waals surface area (Å²) in [7, 11) is 0. The minimum absolute atomic E-state index is 0.285. The molecule has 0 bridgehead atoms. The molecule has 9 heteroatoms. The number of carbonyl (C=O) groups excluding carboxylic acids is 3. The number of aromatic nitrogens is 1. The number of esters is 1. The lowest BCUT2D eigenvalue weighted by Crippen LogP contribution is -2.46. The molecule has 3 amide bonds. The molecule has 1 rings (SSSR count). The van der Waals surface area contributed by atoms with Crippen LogP contribution in [0.1, 0.15) is 19.5 Å². The van der Waals surface area contributed by atoms with Gasteiger partial charge in [0.15, 0.2) is 6.10 Å². The van der Waals surface area contributed by atoms with Crippen LogP contribution >= 0.6 is 11.3 Å². The Balaban J connectivity index is 2.76. The van der Waals surface area contributed by atoms with Gasteiger partial charge < -0.3 is 10.5 Å². The number of aryl methyl sites for hydroxylation is 1. The lowest BCUT2D eigenvalue weighted by atomic mass is 10.1. The quantitative estimate of drug-likeness (QED) is 0.740. The van der Waals surface area contributed by atoms with Crippen LogP contribution in [0.4, 0.5) is 4.79 Å². The van der Waals surface area contributed by atoms with Crippen molar-refractivity contribution in [1.82, 2.24) is 9.88 Å². The Kier molecular flexibility index (Phi) is 5.65. The monoisotopic (exact) mass is 315 g/mol. The van der Waals surface area contributed by atoms with E-state index >= 15 is 0 Å². The van der Waals surface area contributed by atoms with E-state index in [9.17, 15) is 19.2 Å². The van der Waals surface area contributed by atoms with E-state index < -0.39 is 24.0 Å². The van der Waals surface area contributed by atoms with Crippen LogP contribution in [0.3, 0.4) is 0 Å². The minimum atomic E-state index is -1.15. The molecule has 1 aromatic heterocycles. The molecule has 0 aromatic carbocycles. The molecular formula is C12H17N3O5S. The number of nitrogens with zero attached hydrogens (tertiary/aromatic N) is 1. The first-order chi connectivity index (χ1) is 9.72. The first-order valence-electron chi connectivity index (χ1n) is 6.17. The third-order valence-corrected chi connectivity index (χ3v) is 3.51. The van der Waals surface area contributed by atoms with Crippen LogP contribution in [0, 0.1) is 12.8 Å². The number of ether oxygens (including phenoxy) is 1. The van der Waals surface area contributed by atoms with Crippen LogP contribution in [-0.4, -0.2) is 28.6 Å². The van der Waals surface area contributed by atoms with Gasteiger partial charge in [-0.1, -0.05) is 25.2 Å². The lowest BCUT2D eigenvalue weighted by Gasteiger charge is -2.20. The van der Waals surface area contributed by atoms with Gasteiger partial charge in [-0.25, -0.2) is 4.79 Å². The van der Waals surface area contributed by atoms with E-state index in [-0.39, 0.29) is 17.3 Å². The summed E-state index contributed by atoms with van der Waals surface area (Å²) in [4.78, 5) is 45.5. The molecule has 0 radical (unpaired) electrons. The zero-order valence-electron chi connectivity index (χ0n) is 11.9. The number of hydrogen-bond acceptors (Lipinski definition) is 6. The van der Waals surface area contributed by atoms with Crippen molar-refractivity contribution < 1.29 is 19.1 Å². The minimum Gasteiger partial charge on any atom is -0.451 e. The summed E-state index contributed by atoms with van der Waals surface area (Å²) < 4.78 is 6.29. The maximum absolute atomic E-state index is 11.8. The average Bonchev–Trinajstić information content (AvgIpc) is 2.66. The molecule has 1 atom stereocenters. The van der Waals surface area contributed by atoms with Gasteiger partial charge in [0.05, 0.1) is 0 Å². The molecule has 1 aromatic rings. The van der Waals surface area contributed by atoms with E-state index in [1.807, 2.05) is 5.32 Å². The second-order valence-electron chi connectivity index (χ2n) is 4.74. The summed E-state index contributed by atoms with van der Waals surface area (Å²) >= 11 is 0.972. The Labute approximate surface area is 124 Å². The fourth-order valence-corrected chi connectivity index (χ4v) is 2.32. The molecule has 8 nitrogen and oxygen atoms in total. The van der Waals surface area contributed by atoms with Crippen LogP contribution in [-0.2, 0) is 20.9 Å². The van der Waals surface area contributed by atoms with Crippen LogP contribution < -0.4 is 15.9 Å². The number of nitrogens with two attached hydrogens (primary N) is 1. The predicted octanol–water partition coefficient (Wildman–Crippen LogP) is -0.0191. The number of nitrogens with one attached hydrogen (secondary N) is 1. The van der Waals surface area contributed by atoms with E-state index in [2.05, 4.69) is 0 Å². The van der Waals surface area contributed by atoms with E-state index in [1.54, 1.807) is 26.2 Å². The van der Waals surface area contributed by atoms with Gasteiger partial charge in [-0.3, -0.25) is 24.3 Å². The fourth-order valence-electron chi connectivity index (χ4n) is 1.59. The molecule has 1 heterocycles. The second kappa shape index (κ2) is 7.02. The first-order valence-corrected chi connectivity index (χ1v) is 7.05. The van der Waals surface area contributed by atoms with Crippen molar-refractivity contribution in [2.45, 2.75) is 33.4 Å². The van der Waals surface area contributed by atoms with Gasteiger partial charge in [-0.15, -0.1) is 0 Å². The second-order valence-corrected chi connectivity index (χ2v) is 5.56. The average molecular weight is 315 g/mol. The topological polar surface area (TPSA) is 120 Å². The number of primary amides is 1. The number of hydrogen-bond donors (Lipinski definition) is 2. The summed E-state index contributed by atoms with van der Waals surface area (Å²) in [6.45, 7) is 4.70. The van der Waals surface area contributed by atoms with Gasteiger partial charge in [-0.05, 0) is 12.8 Å². The number of urea groups is 1. The molecular weight excluding hydrogens is 298 g/mol. The van der Waals surface area contributed by atoms with Crippen molar-refractivity contribution in [1.29, 1.82) is 0 Å². The number of amides is 3. The van der Waals surface area contributed by atoms with Gasteiger partial charge in [0, 0.05) is 11.1 Å². The van der Waals surface area contributed by atoms with Crippen LogP contribution in [0.15, 0.2) is 10.2 Å². The molecule has 0 aliphatic rings. The van der Waals surface area contributed by atoms with Gasteiger partial charge >= 0.3 is 16.9 Å². The standard InChI is InChI=1S/C12H17N3O5S/c1-6(2)9(10(17)14-11(13)18)20-8(16)4-15-7(3)5-21-12(15)19/h5-6,9H,4H2,1-3H3,(H3,13,14,17,18). The van der Waals surface area contributed by atoms with E-state index in [0.717, 1.165) is 11.3 Å². The lowest BCUT2D eigenvalue weighted by molar-refractivity contribution is -0.158. The number of thiazole rings is 1. The maximum Gasteiger partial charge on any atom is 0.326 e. The molecule has 0 saturated carbocycles. The van der Waals surface area contributed by atoms with Gasteiger partial charge in [0.2, 0.25) is 0 Å². The van der Waals surface area contributed by atoms with Crippen molar-refractivity contribution in [3.63, 3.8) is 0 Å². The Bertz CT molecular complexity index is 604. The van der Waals surface area contributed by atoms with E-state index in [0.29, 0.717) is 5.69 Å². The molecule has 0 saturated heterocycles. The summed E-state index contributed by atoms with van der Waals surface area (Å²) in [6.07, 6.45) is -1.15. The van der Waals surface area contributed by atoms with Crippen molar-refractivity contribution in [3.05, 3.63) is 20.7 Å². The highest BCUT2D eigenvalue weighted by atomic mass is 32.1. The Morgan fingerprint density at radius 1 is 1.43 bits per heavy atom. The third kappa shape index (κ3) is 4.71. The largest absolute Gasteiger partial charge is 0.451 e. The summed E-state index contributed by atoms with van der Waals surface area (Å²) in [5.41, 5.74) is 5.49. The summed E-state index contributed by atoms with van der Waals surface area (Å²) in [5.74, 6) is -1.88. The van der Waals surface area contributed by atoms with Gasteiger partial charge in [-0.2, -0.15) is 0 Å². The summed E-state index contributed by atoms with van der Waals surface area (Å²) in [5, 5.41) is 3.49. The van der Waals surface area contributed by atoms with Crippen LogP contribution in [0.25, 0.3) is 0 Å². The third-order valence-electron chi connectivity index (χ3n) is 2.63. The first kappa shape index (κ1) is 16.9. The highest BCUT2D eigenvalue weighted by Gasteiger charge is 2.27. The number of imide groups is 1. The molecule has 21 heavy (non-hydrogen) atoms. The molecule has 0 aliphatic heterocycles. The Hall–Kier alpha value is -2.16. The molecule has 116 valence electrons. The molecule has 1 unspecified atom stereocenters. The SMILES string of the molecule is Cc1csc(=O)n1CC(=O)OC(C(=O)NC(N)=O)C(C)C. The maximum atomic E-state index is 11.8. The van der Waals surface area contributed by atoms with Crippen LogP contribution in [0.2, 0.25) is 0 Å². The highest BCUT2D eigenvalue weighted by molar-refractivity contribution is 7.07. The number of rotatable bonds is 5. The van der Waals surface area contributed by atoms with Crippen molar-refractivity contribution in [3.8, 4) is 0 Å². The normalized spacial score (nSPS) is 12.0. The van der Waals surface area contributed by atoms with Gasteiger partial charge in [0.1, 0.15) is 6.54 Å². The smallest absolute Gasteiger partial charge is 0.326 e. The van der Waals surface area contributed by atoms with E-state index in [4.69, 9.17) is 10.5 Å². The molecule has 0 fully saturated rings. The Morgan fingerprint density at radius 3 is 2.48 bits per heavy atom. The molecule has 0 spiro atoms. The van der Waals surface area contributed by atoms with Crippen molar-refractivity contribution in [2.75, 3.05) is 0 Å². The predicted molar refractivity (Wildman–Crippen MR) is 75.8 cm³/mol. The fraction of sp³-hybridized carbons (Fsp3) is 0.500. The summed E-state index contributed by atoms with van der Waals surface area (Å²) in [6, 6.07) is -1.02. The van der Waals surface area contributed by atoms with E-state index in [1.165, 1.54) is 4.57 Å². The zero-order chi connectivity index (χ0) is 16.2. The number of carbonyl (C=O) groups is 3. The molecule has 0 aliphatic carbocycles. The zero-order valence-corrected chi connectivity index (χ0v) is 12.7. The van der Waals surface area contributed by atoms with Crippen molar-refractivity contribution in [2.24, 2.45) is 11.7 Å².